The van der Waals surface area contributed by atoms with Crippen LogP contribution in [0.3, 0.4) is 0 Å². The second-order valence-electron chi connectivity index (χ2n) is 8.10. The van der Waals surface area contributed by atoms with E-state index in [1.54, 1.807) is 4.90 Å². The van der Waals surface area contributed by atoms with Gasteiger partial charge in [0.15, 0.2) is 0 Å². The number of anilines is 1. The normalized spacial score (nSPS) is 28.4. The highest BCUT2D eigenvalue weighted by Gasteiger charge is 2.33. The maximum absolute atomic E-state index is 12.4. The Morgan fingerprint density at radius 2 is 1.68 bits per heavy atom. The molecule has 0 aromatic heterocycles. The Morgan fingerprint density at radius 1 is 1.00 bits per heavy atom. The average molecular weight is 342 g/mol. The van der Waals surface area contributed by atoms with Gasteiger partial charge in [0.1, 0.15) is 0 Å². The van der Waals surface area contributed by atoms with Gasteiger partial charge in [0.05, 0.1) is 5.56 Å². The lowest BCUT2D eigenvalue weighted by Gasteiger charge is -2.41. The minimum atomic E-state index is 0.0838. The molecule has 5 nitrogen and oxygen atoms in total. The summed E-state index contributed by atoms with van der Waals surface area (Å²) in [6.45, 7) is 5.53. The van der Waals surface area contributed by atoms with E-state index in [-0.39, 0.29) is 5.91 Å². The molecule has 2 aliphatic heterocycles. The number of nitrogen functional groups attached to an aromatic ring is 1. The van der Waals surface area contributed by atoms with Crippen molar-refractivity contribution in [2.45, 2.75) is 44.2 Å². The Bertz CT molecular complexity index is 658. The topological polar surface area (TPSA) is 52.8 Å². The quantitative estimate of drug-likeness (QED) is 0.837. The van der Waals surface area contributed by atoms with E-state index < -0.39 is 0 Å². The van der Waals surface area contributed by atoms with E-state index in [4.69, 9.17) is 5.73 Å². The minimum absolute atomic E-state index is 0.0838. The lowest BCUT2D eigenvalue weighted by molar-refractivity contribution is 0.0817. The highest BCUT2D eigenvalue weighted by atomic mass is 16.2. The van der Waals surface area contributed by atoms with Crippen LogP contribution in [-0.4, -0.2) is 66.9 Å². The molecule has 1 aliphatic carbocycles. The van der Waals surface area contributed by atoms with E-state index in [0.29, 0.717) is 18.2 Å². The standard InChI is InChI=1S/C20H30N4O/c1-22-9-11-24(12-10-22)15-5-3-14(4-6-15)16-7-8-18(21)19-17(16)13-23(2)20(19)25/h7-8,14-15H,3-6,9-13,21H2,1-2H3. The summed E-state index contributed by atoms with van der Waals surface area (Å²) < 4.78 is 0. The summed E-state index contributed by atoms with van der Waals surface area (Å²) in [5.41, 5.74) is 10.1. The van der Waals surface area contributed by atoms with Crippen LogP contribution in [0.15, 0.2) is 12.1 Å². The maximum Gasteiger partial charge on any atom is 0.256 e. The van der Waals surface area contributed by atoms with Crippen LogP contribution in [0.5, 0.6) is 0 Å². The van der Waals surface area contributed by atoms with E-state index in [2.05, 4.69) is 22.9 Å². The number of nitrogens with two attached hydrogens (primary N) is 1. The number of hydrogen-bond donors (Lipinski definition) is 1. The third-order valence-corrected chi connectivity index (χ3v) is 6.53. The van der Waals surface area contributed by atoms with Crippen LogP contribution < -0.4 is 5.73 Å². The first-order valence-corrected chi connectivity index (χ1v) is 9.64. The third-order valence-electron chi connectivity index (χ3n) is 6.53. The van der Waals surface area contributed by atoms with Gasteiger partial charge in [0.2, 0.25) is 0 Å². The van der Waals surface area contributed by atoms with Crippen molar-refractivity contribution in [3.05, 3.63) is 28.8 Å². The van der Waals surface area contributed by atoms with Crippen LogP contribution in [-0.2, 0) is 6.54 Å². The molecule has 0 unspecified atom stereocenters. The predicted octanol–water partition coefficient (Wildman–Crippen LogP) is 2.13. The van der Waals surface area contributed by atoms with Gasteiger partial charge in [-0.05, 0) is 55.8 Å². The largest absolute Gasteiger partial charge is 0.398 e. The molecule has 5 heteroatoms. The fourth-order valence-corrected chi connectivity index (χ4v) is 4.93. The summed E-state index contributed by atoms with van der Waals surface area (Å²) >= 11 is 0. The van der Waals surface area contributed by atoms with Crippen LogP contribution in [0.2, 0.25) is 0 Å². The van der Waals surface area contributed by atoms with Crippen LogP contribution in [0.4, 0.5) is 5.69 Å². The Morgan fingerprint density at radius 3 is 2.36 bits per heavy atom. The predicted molar refractivity (Wildman–Crippen MR) is 101 cm³/mol. The van der Waals surface area contributed by atoms with Gasteiger partial charge in [-0.1, -0.05) is 6.07 Å². The van der Waals surface area contributed by atoms with Crippen molar-refractivity contribution in [3.8, 4) is 0 Å². The van der Waals surface area contributed by atoms with Crippen molar-refractivity contribution in [3.63, 3.8) is 0 Å². The summed E-state index contributed by atoms with van der Waals surface area (Å²) in [5, 5.41) is 0. The first-order valence-electron chi connectivity index (χ1n) is 9.64. The van der Waals surface area contributed by atoms with Gasteiger partial charge in [-0.15, -0.1) is 0 Å². The zero-order valence-corrected chi connectivity index (χ0v) is 15.5. The molecule has 2 N–H and O–H groups in total. The van der Waals surface area contributed by atoms with Crippen molar-refractivity contribution in [2.75, 3.05) is 46.0 Å². The van der Waals surface area contributed by atoms with Crippen molar-refractivity contribution in [1.29, 1.82) is 0 Å². The number of fused-ring (bicyclic) bond motifs is 1. The van der Waals surface area contributed by atoms with Gasteiger partial charge >= 0.3 is 0 Å². The summed E-state index contributed by atoms with van der Waals surface area (Å²) in [6, 6.07) is 4.87. The number of hydrogen-bond acceptors (Lipinski definition) is 4. The highest BCUT2D eigenvalue weighted by molar-refractivity contribution is 6.03. The molecule has 0 atom stereocenters. The molecular formula is C20H30N4O. The molecule has 0 spiro atoms. The molecule has 4 rings (SSSR count). The van der Waals surface area contributed by atoms with E-state index in [0.717, 1.165) is 11.6 Å². The molecule has 1 aromatic carbocycles. The molecular weight excluding hydrogens is 312 g/mol. The smallest absolute Gasteiger partial charge is 0.256 e. The molecule has 2 heterocycles. The molecule has 1 aromatic rings. The third kappa shape index (κ3) is 3.04. The average Bonchev–Trinajstić information content (AvgIpc) is 2.92. The van der Waals surface area contributed by atoms with Gasteiger partial charge < -0.3 is 15.5 Å². The lowest BCUT2D eigenvalue weighted by Crippen LogP contribution is -2.49. The number of carbonyl (C=O) groups excluding carboxylic acids is 1. The Hall–Kier alpha value is -1.59. The van der Waals surface area contributed by atoms with E-state index >= 15 is 0 Å². The van der Waals surface area contributed by atoms with E-state index in [1.165, 1.54) is 63.0 Å². The van der Waals surface area contributed by atoms with Crippen LogP contribution in [0.1, 0.15) is 53.1 Å². The van der Waals surface area contributed by atoms with Crippen molar-refractivity contribution >= 4 is 11.6 Å². The summed E-state index contributed by atoms with van der Waals surface area (Å²) in [4.78, 5) is 19.3. The summed E-state index contributed by atoms with van der Waals surface area (Å²) in [5.74, 6) is 0.665. The number of rotatable bonds is 2. The van der Waals surface area contributed by atoms with Crippen molar-refractivity contribution < 1.29 is 4.79 Å². The SMILES string of the molecule is CN1CCN(C2CCC(c3ccc(N)c4c3CN(C)C4=O)CC2)CC1. The molecule has 2 fully saturated rings. The number of piperazine rings is 1. The Kier molecular flexibility index (Phi) is 4.46. The first-order chi connectivity index (χ1) is 12.0. The summed E-state index contributed by atoms with van der Waals surface area (Å²) in [7, 11) is 4.09. The van der Waals surface area contributed by atoms with Crippen molar-refractivity contribution in [2.24, 2.45) is 0 Å². The van der Waals surface area contributed by atoms with E-state index in [1.807, 2.05) is 13.1 Å². The fraction of sp³-hybridized carbons (Fsp3) is 0.650. The Balaban J connectivity index is 1.46. The second-order valence-corrected chi connectivity index (χ2v) is 8.10. The molecule has 0 radical (unpaired) electrons. The van der Waals surface area contributed by atoms with E-state index in [9.17, 15) is 4.79 Å². The maximum atomic E-state index is 12.4. The number of benzene rings is 1. The van der Waals surface area contributed by atoms with Gasteiger partial charge in [-0.25, -0.2) is 0 Å². The molecule has 1 saturated heterocycles. The monoisotopic (exact) mass is 342 g/mol. The molecule has 136 valence electrons. The van der Waals surface area contributed by atoms with Gasteiger partial charge in [-0.2, -0.15) is 0 Å². The van der Waals surface area contributed by atoms with Gasteiger partial charge in [0.25, 0.3) is 5.91 Å². The number of amides is 1. The zero-order chi connectivity index (χ0) is 17.6. The fourth-order valence-electron chi connectivity index (χ4n) is 4.93. The summed E-state index contributed by atoms with van der Waals surface area (Å²) in [6.07, 6.45) is 5.01. The van der Waals surface area contributed by atoms with Gasteiger partial charge in [0, 0.05) is 51.5 Å². The second kappa shape index (κ2) is 6.61. The number of carbonyl (C=O) groups is 1. The van der Waals surface area contributed by atoms with Crippen LogP contribution in [0.25, 0.3) is 0 Å². The molecule has 0 bridgehead atoms. The lowest BCUT2D eigenvalue weighted by atomic mass is 9.79. The number of likely N-dealkylation sites (N-methyl/N-ethyl adjacent to an activating group) is 1. The molecule has 1 amide bonds. The minimum Gasteiger partial charge on any atom is -0.398 e. The number of nitrogens with zero attached hydrogens (tertiary/aromatic N) is 3. The molecule has 1 saturated carbocycles. The zero-order valence-electron chi connectivity index (χ0n) is 15.5. The van der Waals surface area contributed by atoms with Crippen LogP contribution in [0, 0.1) is 0 Å². The first kappa shape index (κ1) is 16.9. The molecule has 3 aliphatic rings. The van der Waals surface area contributed by atoms with Crippen LogP contribution >= 0.6 is 0 Å². The highest BCUT2D eigenvalue weighted by Crippen LogP contribution is 2.40. The molecule has 25 heavy (non-hydrogen) atoms. The van der Waals surface area contributed by atoms with Crippen molar-refractivity contribution in [1.82, 2.24) is 14.7 Å². The van der Waals surface area contributed by atoms with Gasteiger partial charge in [-0.3, -0.25) is 9.69 Å². The Labute approximate surface area is 150 Å².